The standard InChI is InChI=1S/C28H29N5O4/c34-24-8-3-1-6-22(24)26-30-27(23-7-2-4-9-25(23)35)33(31-26)21-12-10-20(11-13-21)28(36)29-14-5-15-32-16-18-37-19-17-32/h1-4,6-13,34-35H,5,14-19H2,(H,29,36). The lowest BCUT2D eigenvalue weighted by Crippen LogP contribution is -2.38. The number of hydrogen-bond donors (Lipinski definition) is 3. The number of nitrogens with zero attached hydrogens (tertiary/aromatic N) is 4. The smallest absolute Gasteiger partial charge is 0.251 e. The van der Waals surface area contributed by atoms with Gasteiger partial charge in [0, 0.05) is 25.2 Å². The SMILES string of the molecule is O=C(NCCCN1CCOCC1)c1ccc(-n2nc(-c3ccccc3O)nc2-c2ccccc2O)cc1. The van der Waals surface area contributed by atoms with Crippen LogP contribution in [0, 0.1) is 0 Å². The molecule has 3 N–H and O–H groups in total. The van der Waals surface area contributed by atoms with Gasteiger partial charge in [-0.25, -0.2) is 9.67 Å². The van der Waals surface area contributed by atoms with E-state index in [9.17, 15) is 15.0 Å². The Hall–Kier alpha value is -4.21. The first-order valence-corrected chi connectivity index (χ1v) is 12.3. The van der Waals surface area contributed by atoms with Crippen molar-refractivity contribution >= 4 is 5.91 Å². The molecule has 0 spiro atoms. The number of amides is 1. The molecule has 37 heavy (non-hydrogen) atoms. The highest BCUT2D eigenvalue weighted by atomic mass is 16.5. The van der Waals surface area contributed by atoms with Gasteiger partial charge in [0.15, 0.2) is 11.6 Å². The van der Waals surface area contributed by atoms with Crippen molar-refractivity contribution in [2.45, 2.75) is 6.42 Å². The van der Waals surface area contributed by atoms with E-state index in [0.717, 1.165) is 39.3 Å². The highest BCUT2D eigenvalue weighted by molar-refractivity contribution is 5.94. The summed E-state index contributed by atoms with van der Waals surface area (Å²) in [5.74, 6) is 0.718. The Bertz CT molecular complexity index is 1360. The molecule has 1 aliphatic rings. The van der Waals surface area contributed by atoms with Gasteiger partial charge in [0.1, 0.15) is 11.5 Å². The number of rotatable bonds is 8. The Morgan fingerprint density at radius 3 is 2.22 bits per heavy atom. The molecule has 0 atom stereocenters. The van der Waals surface area contributed by atoms with Gasteiger partial charge < -0.3 is 20.3 Å². The zero-order valence-corrected chi connectivity index (χ0v) is 20.4. The maximum Gasteiger partial charge on any atom is 0.251 e. The van der Waals surface area contributed by atoms with Gasteiger partial charge >= 0.3 is 0 Å². The Morgan fingerprint density at radius 2 is 1.54 bits per heavy atom. The molecule has 1 amide bonds. The Morgan fingerprint density at radius 1 is 0.892 bits per heavy atom. The molecule has 0 unspecified atom stereocenters. The number of nitrogens with one attached hydrogen (secondary N) is 1. The van der Waals surface area contributed by atoms with Crippen molar-refractivity contribution in [1.29, 1.82) is 0 Å². The van der Waals surface area contributed by atoms with Crippen LogP contribution in [0.3, 0.4) is 0 Å². The molecule has 1 fully saturated rings. The number of hydrogen-bond acceptors (Lipinski definition) is 7. The van der Waals surface area contributed by atoms with Crippen LogP contribution in [0.1, 0.15) is 16.8 Å². The van der Waals surface area contributed by atoms with Gasteiger partial charge in [0.05, 0.1) is 30.0 Å². The lowest BCUT2D eigenvalue weighted by Gasteiger charge is -2.26. The molecule has 9 heteroatoms. The minimum atomic E-state index is -0.136. The number of aromatic hydroxyl groups is 2. The molecule has 5 rings (SSSR count). The highest BCUT2D eigenvalue weighted by Crippen LogP contribution is 2.33. The number of morpholine rings is 1. The molecule has 1 aromatic heterocycles. The van der Waals surface area contributed by atoms with Crippen LogP contribution in [0.2, 0.25) is 0 Å². The molecular weight excluding hydrogens is 470 g/mol. The largest absolute Gasteiger partial charge is 0.507 e. The average molecular weight is 500 g/mol. The van der Waals surface area contributed by atoms with Crippen LogP contribution in [0.15, 0.2) is 72.8 Å². The fraction of sp³-hybridized carbons (Fsp3) is 0.250. The van der Waals surface area contributed by atoms with Crippen molar-refractivity contribution in [2.24, 2.45) is 0 Å². The molecule has 0 saturated carbocycles. The molecule has 3 aromatic carbocycles. The number of aromatic nitrogens is 3. The lowest BCUT2D eigenvalue weighted by molar-refractivity contribution is 0.0374. The predicted octanol–water partition coefficient (Wildman–Crippen LogP) is 3.46. The summed E-state index contributed by atoms with van der Waals surface area (Å²) in [5, 5.41) is 28.4. The van der Waals surface area contributed by atoms with E-state index in [-0.39, 0.29) is 17.4 Å². The first-order chi connectivity index (χ1) is 18.1. The Kier molecular flexibility index (Phi) is 7.43. The number of carbonyl (C=O) groups excluding carboxylic acids is 1. The van der Waals surface area contributed by atoms with Crippen molar-refractivity contribution < 1.29 is 19.7 Å². The van der Waals surface area contributed by atoms with Gasteiger partial charge in [-0.3, -0.25) is 9.69 Å². The van der Waals surface area contributed by atoms with Gasteiger partial charge in [-0.15, -0.1) is 5.10 Å². The molecular formula is C28H29N5O4. The number of phenolic OH excluding ortho intramolecular Hbond substituents is 2. The molecule has 1 saturated heterocycles. The normalized spacial score (nSPS) is 13.9. The first kappa shape index (κ1) is 24.5. The second-order valence-corrected chi connectivity index (χ2v) is 8.82. The van der Waals surface area contributed by atoms with E-state index in [4.69, 9.17) is 4.74 Å². The molecule has 4 aromatic rings. The Balaban J connectivity index is 1.35. The van der Waals surface area contributed by atoms with Crippen molar-refractivity contribution in [1.82, 2.24) is 25.0 Å². The van der Waals surface area contributed by atoms with Crippen molar-refractivity contribution in [3.05, 3.63) is 78.4 Å². The van der Waals surface area contributed by atoms with Crippen LogP contribution >= 0.6 is 0 Å². The third-order valence-electron chi connectivity index (χ3n) is 6.31. The monoisotopic (exact) mass is 499 g/mol. The van der Waals surface area contributed by atoms with Crippen molar-refractivity contribution in [2.75, 3.05) is 39.4 Å². The summed E-state index contributed by atoms with van der Waals surface area (Å²) in [7, 11) is 0. The van der Waals surface area contributed by atoms with E-state index in [1.54, 1.807) is 77.5 Å². The zero-order valence-electron chi connectivity index (χ0n) is 20.4. The van der Waals surface area contributed by atoms with E-state index >= 15 is 0 Å². The summed E-state index contributed by atoms with van der Waals surface area (Å²) in [6.07, 6.45) is 0.877. The number of para-hydroxylation sites is 2. The predicted molar refractivity (Wildman–Crippen MR) is 140 cm³/mol. The fourth-order valence-electron chi connectivity index (χ4n) is 4.29. The maximum absolute atomic E-state index is 12.7. The van der Waals surface area contributed by atoms with Crippen LogP contribution in [0.25, 0.3) is 28.5 Å². The van der Waals surface area contributed by atoms with Gasteiger partial charge in [0.2, 0.25) is 0 Å². The van der Waals surface area contributed by atoms with Gasteiger partial charge in [-0.1, -0.05) is 24.3 Å². The summed E-state index contributed by atoms with van der Waals surface area (Å²) < 4.78 is 6.96. The van der Waals surface area contributed by atoms with Crippen LogP contribution in [0.4, 0.5) is 0 Å². The van der Waals surface area contributed by atoms with Gasteiger partial charge in [-0.05, 0) is 61.5 Å². The quantitative estimate of drug-likeness (QED) is 0.318. The summed E-state index contributed by atoms with van der Waals surface area (Å²) in [4.78, 5) is 19.6. The second-order valence-electron chi connectivity index (χ2n) is 8.82. The van der Waals surface area contributed by atoms with E-state index in [1.165, 1.54) is 0 Å². The molecule has 0 aliphatic carbocycles. The van der Waals surface area contributed by atoms with E-state index < -0.39 is 0 Å². The third kappa shape index (κ3) is 5.63. The summed E-state index contributed by atoms with van der Waals surface area (Å²) in [5.41, 5.74) is 2.18. The highest BCUT2D eigenvalue weighted by Gasteiger charge is 2.19. The Labute approximate surface area is 215 Å². The molecule has 2 heterocycles. The number of ether oxygens (including phenoxy) is 1. The molecule has 1 aliphatic heterocycles. The molecule has 190 valence electrons. The molecule has 0 radical (unpaired) electrons. The maximum atomic E-state index is 12.7. The van der Waals surface area contributed by atoms with Gasteiger partial charge in [-0.2, -0.15) is 0 Å². The van der Waals surface area contributed by atoms with Crippen molar-refractivity contribution in [3.8, 4) is 40.0 Å². The lowest BCUT2D eigenvalue weighted by atomic mass is 10.1. The van der Waals surface area contributed by atoms with Crippen LogP contribution < -0.4 is 5.32 Å². The molecule has 0 bridgehead atoms. The number of carbonyl (C=O) groups is 1. The van der Waals surface area contributed by atoms with Crippen LogP contribution in [0.5, 0.6) is 11.5 Å². The number of phenols is 2. The summed E-state index contributed by atoms with van der Waals surface area (Å²) in [6.45, 7) is 4.94. The van der Waals surface area contributed by atoms with Crippen molar-refractivity contribution in [3.63, 3.8) is 0 Å². The van der Waals surface area contributed by atoms with Crippen LogP contribution in [-0.2, 0) is 4.74 Å². The topological polar surface area (TPSA) is 113 Å². The second kappa shape index (κ2) is 11.2. The summed E-state index contributed by atoms with van der Waals surface area (Å²) >= 11 is 0. The van der Waals surface area contributed by atoms with E-state index in [1.807, 2.05) is 0 Å². The first-order valence-electron chi connectivity index (χ1n) is 12.3. The summed E-state index contributed by atoms with van der Waals surface area (Å²) in [6, 6.07) is 20.8. The number of benzene rings is 3. The van der Waals surface area contributed by atoms with E-state index in [0.29, 0.717) is 40.6 Å². The van der Waals surface area contributed by atoms with Gasteiger partial charge in [0.25, 0.3) is 5.91 Å². The third-order valence-corrected chi connectivity index (χ3v) is 6.31. The minimum absolute atomic E-state index is 0.0594. The zero-order chi connectivity index (χ0) is 25.6. The minimum Gasteiger partial charge on any atom is -0.507 e. The average Bonchev–Trinajstić information content (AvgIpc) is 3.37. The molecule has 9 nitrogen and oxygen atoms in total. The van der Waals surface area contributed by atoms with Crippen LogP contribution in [-0.4, -0.2) is 75.2 Å². The fourth-order valence-corrected chi connectivity index (χ4v) is 4.29. The van der Waals surface area contributed by atoms with E-state index in [2.05, 4.69) is 20.3 Å².